The van der Waals surface area contributed by atoms with Crippen LogP contribution in [0.5, 0.6) is 0 Å². The first kappa shape index (κ1) is 21.7. The highest BCUT2D eigenvalue weighted by Gasteiger charge is 2.15. The lowest BCUT2D eigenvalue weighted by molar-refractivity contribution is -0.678. The van der Waals surface area contributed by atoms with E-state index in [9.17, 15) is 0 Å². The predicted octanol–water partition coefficient (Wildman–Crippen LogP) is 6.94. The topological polar surface area (TPSA) is 8.81 Å². The van der Waals surface area contributed by atoms with E-state index in [-0.39, 0.29) is 0 Å². The zero-order valence-corrected chi connectivity index (χ0v) is 17.8. The summed E-state index contributed by atoms with van der Waals surface area (Å²) in [5.74, 6) is 1.41. The number of rotatable bonds is 15. The summed E-state index contributed by atoms with van der Waals surface area (Å²) in [7, 11) is 2.16. The van der Waals surface area contributed by atoms with Gasteiger partial charge in [-0.25, -0.2) is 4.57 Å². The maximum Gasteiger partial charge on any atom is 0.261 e. The Kier molecular flexibility index (Phi) is 10.9. The maximum absolute atomic E-state index is 2.33. The van der Waals surface area contributed by atoms with Gasteiger partial charge in [-0.2, -0.15) is 4.57 Å². The van der Waals surface area contributed by atoms with Crippen LogP contribution < -0.4 is 4.57 Å². The van der Waals surface area contributed by atoms with Gasteiger partial charge >= 0.3 is 0 Å². The molecule has 2 heteroatoms. The molecule has 0 saturated heterocycles. The summed E-state index contributed by atoms with van der Waals surface area (Å²) in [5, 5.41) is 0. The highest BCUT2D eigenvalue weighted by atomic mass is 15.1. The van der Waals surface area contributed by atoms with Crippen LogP contribution in [0.15, 0.2) is 42.7 Å². The van der Waals surface area contributed by atoms with Gasteiger partial charge in [0.2, 0.25) is 0 Å². The van der Waals surface area contributed by atoms with Crippen molar-refractivity contribution in [2.75, 3.05) is 0 Å². The third-order valence-corrected chi connectivity index (χ3v) is 5.66. The lowest BCUT2D eigenvalue weighted by atomic mass is 10.0. The summed E-state index contributed by atoms with van der Waals surface area (Å²) in [5.41, 5.74) is 1.27. The van der Waals surface area contributed by atoms with Gasteiger partial charge in [0.1, 0.15) is 18.1 Å². The Morgan fingerprint density at radius 1 is 0.704 bits per heavy atom. The van der Waals surface area contributed by atoms with Crippen molar-refractivity contribution in [3.63, 3.8) is 0 Å². The number of hydrogen-bond acceptors (Lipinski definition) is 0. The van der Waals surface area contributed by atoms with Crippen LogP contribution in [0.1, 0.15) is 96.2 Å². The molecule has 1 heterocycles. The van der Waals surface area contributed by atoms with Gasteiger partial charge in [0, 0.05) is 6.42 Å². The Morgan fingerprint density at radius 2 is 1.22 bits per heavy atom. The number of para-hydroxylation sites is 1. The highest BCUT2D eigenvalue weighted by molar-refractivity contribution is 5.31. The zero-order valence-electron chi connectivity index (χ0n) is 17.8. The van der Waals surface area contributed by atoms with Gasteiger partial charge in [-0.3, -0.25) is 0 Å². The Hall–Kier alpha value is -1.57. The van der Waals surface area contributed by atoms with Gasteiger partial charge < -0.3 is 0 Å². The van der Waals surface area contributed by atoms with E-state index in [0.717, 1.165) is 6.42 Å². The van der Waals surface area contributed by atoms with Gasteiger partial charge in [-0.1, -0.05) is 102 Å². The molecule has 0 atom stereocenters. The second-order valence-electron chi connectivity index (χ2n) is 8.02. The van der Waals surface area contributed by atoms with Gasteiger partial charge in [0.25, 0.3) is 5.82 Å². The molecule has 0 N–H and O–H groups in total. The van der Waals surface area contributed by atoms with Gasteiger partial charge in [0.05, 0.1) is 7.05 Å². The van der Waals surface area contributed by atoms with E-state index < -0.39 is 0 Å². The molecule has 2 aromatic rings. The second kappa shape index (κ2) is 13.6. The van der Waals surface area contributed by atoms with Crippen LogP contribution in [-0.4, -0.2) is 4.57 Å². The molecule has 0 aliphatic carbocycles. The molecule has 0 saturated carbocycles. The molecule has 27 heavy (non-hydrogen) atoms. The third-order valence-electron chi connectivity index (χ3n) is 5.66. The van der Waals surface area contributed by atoms with E-state index in [1.807, 2.05) is 0 Å². The molecule has 0 aliphatic rings. The largest absolute Gasteiger partial charge is 0.261 e. The fourth-order valence-corrected chi connectivity index (χ4v) is 3.93. The van der Waals surface area contributed by atoms with E-state index in [0.29, 0.717) is 0 Å². The normalized spacial score (nSPS) is 11.2. The summed E-state index contributed by atoms with van der Waals surface area (Å²) in [6.45, 7) is 2.29. The molecule has 150 valence electrons. The van der Waals surface area contributed by atoms with Crippen LogP contribution in [0.4, 0.5) is 0 Å². The quantitative estimate of drug-likeness (QED) is 0.237. The summed E-state index contributed by atoms with van der Waals surface area (Å²) < 4.78 is 4.61. The van der Waals surface area contributed by atoms with Crippen molar-refractivity contribution >= 4 is 0 Å². The highest BCUT2D eigenvalue weighted by Crippen LogP contribution is 2.14. The van der Waals surface area contributed by atoms with Crippen molar-refractivity contribution in [3.8, 4) is 5.69 Å². The van der Waals surface area contributed by atoms with Gasteiger partial charge in [-0.15, -0.1) is 0 Å². The van der Waals surface area contributed by atoms with Crippen LogP contribution in [0.25, 0.3) is 5.69 Å². The van der Waals surface area contributed by atoms with E-state index in [2.05, 4.69) is 65.8 Å². The van der Waals surface area contributed by atoms with E-state index in [1.165, 1.54) is 95.0 Å². The minimum Gasteiger partial charge on any atom is -0.237 e. The monoisotopic (exact) mass is 369 g/mol. The molecule has 0 amide bonds. The Bertz CT molecular complexity index is 600. The van der Waals surface area contributed by atoms with Gasteiger partial charge in [-0.05, 0) is 18.6 Å². The molecule has 0 bridgehead atoms. The van der Waals surface area contributed by atoms with Crippen LogP contribution in [-0.2, 0) is 13.5 Å². The molecular weight excluding hydrogens is 328 g/mol. The average molecular weight is 370 g/mol. The van der Waals surface area contributed by atoms with Crippen LogP contribution in [0.3, 0.4) is 0 Å². The van der Waals surface area contributed by atoms with E-state index >= 15 is 0 Å². The number of unbranched alkanes of at least 4 members (excludes halogenated alkanes) is 12. The van der Waals surface area contributed by atoms with Crippen molar-refractivity contribution in [2.24, 2.45) is 7.05 Å². The first-order valence-corrected chi connectivity index (χ1v) is 11.4. The van der Waals surface area contributed by atoms with Crippen molar-refractivity contribution in [2.45, 2.75) is 96.8 Å². The number of aromatic nitrogens is 2. The number of aryl methyl sites for hydroxylation is 1. The molecule has 0 spiro atoms. The summed E-state index contributed by atoms with van der Waals surface area (Å²) in [6.07, 6.45) is 23.9. The number of nitrogens with zero attached hydrogens (tertiary/aromatic N) is 2. The fourth-order valence-electron chi connectivity index (χ4n) is 3.93. The maximum atomic E-state index is 2.33. The van der Waals surface area contributed by atoms with E-state index in [4.69, 9.17) is 0 Å². The zero-order chi connectivity index (χ0) is 19.2. The van der Waals surface area contributed by atoms with E-state index in [1.54, 1.807) is 0 Å². The first-order chi connectivity index (χ1) is 13.3. The number of imidazole rings is 1. The second-order valence-corrected chi connectivity index (χ2v) is 8.02. The standard InChI is InChI=1S/C25H41N2/c1-3-4-5-6-7-8-9-10-11-12-13-14-18-21-25-26(2)22-23-27(25)24-19-16-15-17-20-24/h15-17,19-20,22-23H,3-14,18,21H2,1-2H3/q+1. The SMILES string of the molecule is CCCCCCCCCCCCCCCc1n(-c2ccccc2)cc[n+]1C. The molecule has 2 rings (SSSR count). The van der Waals surface area contributed by atoms with Crippen molar-refractivity contribution < 1.29 is 4.57 Å². The minimum absolute atomic E-state index is 1.16. The van der Waals surface area contributed by atoms with Gasteiger partial charge in [0.15, 0.2) is 0 Å². The molecule has 0 radical (unpaired) electrons. The summed E-state index contributed by atoms with van der Waals surface area (Å²) in [4.78, 5) is 0. The Balaban J connectivity index is 1.52. The number of hydrogen-bond donors (Lipinski definition) is 0. The third kappa shape index (κ3) is 8.32. The lowest BCUT2D eigenvalue weighted by Crippen LogP contribution is -2.31. The average Bonchev–Trinajstić information content (AvgIpc) is 3.07. The lowest BCUT2D eigenvalue weighted by Gasteiger charge is -2.04. The molecule has 0 unspecified atom stereocenters. The predicted molar refractivity (Wildman–Crippen MR) is 116 cm³/mol. The molecule has 1 aromatic heterocycles. The molecular formula is C25H41N2+. The Morgan fingerprint density at radius 3 is 1.78 bits per heavy atom. The first-order valence-electron chi connectivity index (χ1n) is 11.4. The van der Waals surface area contributed by atoms with Crippen molar-refractivity contribution in [1.82, 2.24) is 4.57 Å². The summed E-state index contributed by atoms with van der Waals surface area (Å²) >= 11 is 0. The molecule has 1 aromatic carbocycles. The van der Waals surface area contributed by atoms with Crippen LogP contribution in [0, 0.1) is 0 Å². The molecule has 0 fully saturated rings. The van der Waals surface area contributed by atoms with Crippen LogP contribution >= 0.6 is 0 Å². The van der Waals surface area contributed by atoms with Crippen LogP contribution in [0.2, 0.25) is 0 Å². The van der Waals surface area contributed by atoms with Crippen molar-refractivity contribution in [3.05, 3.63) is 48.5 Å². The molecule has 0 aliphatic heterocycles. The molecule has 2 nitrogen and oxygen atoms in total. The smallest absolute Gasteiger partial charge is 0.237 e. The Labute approximate surface area is 167 Å². The van der Waals surface area contributed by atoms with Crippen molar-refractivity contribution in [1.29, 1.82) is 0 Å². The fraction of sp³-hybridized carbons (Fsp3) is 0.640. The minimum atomic E-state index is 1.16. The number of benzene rings is 1. The summed E-state index contributed by atoms with van der Waals surface area (Å²) in [6, 6.07) is 10.7.